The number of aliphatic hydroxyl groups excluding tert-OH is 1. The zero-order valence-electron chi connectivity index (χ0n) is 14.8. The Kier molecular flexibility index (Phi) is 3.21. The summed E-state index contributed by atoms with van der Waals surface area (Å²) in [5.74, 6) is 0.215. The summed E-state index contributed by atoms with van der Waals surface area (Å²) in [4.78, 5) is 25.3. The number of carbonyl (C=O) groups is 2. The van der Waals surface area contributed by atoms with E-state index in [2.05, 4.69) is 13.0 Å². The SMILES string of the molecule is CC(C)C1=CC2C[C@]3(C=O)C4CCC(C)C4C[C@]2(CO)C13C(=O)O. The van der Waals surface area contributed by atoms with Gasteiger partial charge in [0.25, 0.3) is 0 Å². The van der Waals surface area contributed by atoms with Crippen molar-refractivity contribution in [2.24, 2.45) is 45.8 Å². The highest BCUT2D eigenvalue weighted by Crippen LogP contribution is 2.82. The number of aliphatic carboxylic acids is 1. The van der Waals surface area contributed by atoms with Gasteiger partial charge < -0.3 is 15.0 Å². The van der Waals surface area contributed by atoms with Crippen LogP contribution in [0, 0.1) is 45.8 Å². The molecular weight excluding hydrogens is 304 g/mol. The molecule has 0 amide bonds. The van der Waals surface area contributed by atoms with Crippen molar-refractivity contribution < 1.29 is 19.8 Å². The maximum Gasteiger partial charge on any atom is 0.315 e. The molecule has 0 aromatic rings. The first-order valence-corrected chi connectivity index (χ1v) is 9.35. The van der Waals surface area contributed by atoms with Crippen molar-refractivity contribution in [1.29, 1.82) is 0 Å². The van der Waals surface area contributed by atoms with Crippen LogP contribution in [0.2, 0.25) is 0 Å². The summed E-state index contributed by atoms with van der Waals surface area (Å²) in [6, 6.07) is 0. The van der Waals surface area contributed by atoms with Crippen LogP contribution < -0.4 is 0 Å². The molecule has 0 heterocycles. The first kappa shape index (κ1) is 16.3. The van der Waals surface area contributed by atoms with Crippen LogP contribution in [-0.2, 0) is 9.59 Å². The Hall–Kier alpha value is -1.16. The smallest absolute Gasteiger partial charge is 0.315 e. The quantitative estimate of drug-likeness (QED) is 0.613. The third kappa shape index (κ3) is 1.35. The van der Waals surface area contributed by atoms with Gasteiger partial charge in [0.15, 0.2) is 0 Å². The van der Waals surface area contributed by atoms with E-state index in [1.165, 1.54) is 0 Å². The third-order valence-corrected chi connectivity index (χ3v) is 8.40. The van der Waals surface area contributed by atoms with Gasteiger partial charge in [0, 0.05) is 5.41 Å². The first-order valence-electron chi connectivity index (χ1n) is 9.35. The van der Waals surface area contributed by atoms with E-state index in [1.807, 2.05) is 13.8 Å². The van der Waals surface area contributed by atoms with Crippen LogP contribution in [0.5, 0.6) is 0 Å². The third-order valence-electron chi connectivity index (χ3n) is 8.40. The molecule has 132 valence electrons. The van der Waals surface area contributed by atoms with Crippen LogP contribution in [0.4, 0.5) is 0 Å². The van der Waals surface area contributed by atoms with Gasteiger partial charge in [-0.05, 0) is 48.9 Å². The van der Waals surface area contributed by atoms with Gasteiger partial charge in [-0.25, -0.2) is 0 Å². The maximum atomic E-state index is 12.8. The van der Waals surface area contributed by atoms with Crippen LogP contribution in [0.15, 0.2) is 11.6 Å². The summed E-state index contributed by atoms with van der Waals surface area (Å²) in [5.41, 5.74) is -1.85. The Labute approximate surface area is 143 Å². The molecule has 24 heavy (non-hydrogen) atoms. The van der Waals surface area contributed by atoms with E-state index in [1.54, 1.807) is 0 Å². The average Bonchev–Trinajstić information content (AvgIpc) is 3.11. The highest BCUT2D eigenvalue weighted by Gasteiger charge is 2.84. The second kappa shape index (κ2) is 4.72. The Morgan fingerprint density at radius 1 is 1.38 bits per heavy atom. The number of hydrogen-bond donors (Lipinski definition) is 2. The molecule has 0 aromatic carbocycles. The van der Waals surface area contributed by atoms with Crippen LogP contribution >= 0.6 is 0 Å². The van der Waals surface area contributed by atoms with Crippen LogP contribution in [-0.4, -0.2) is 29.1 Å². The van der Waals surface area contributed by atoms with Crippen LogP contribution in [0.3, 0.4) is 0 Å². The lowest BCUT2D eigenvalue weighted by Gasteiger charge is -2.58. The molecule has 0 radical (unpaired) electrons. The van der Waals surface area contributed by atoms with Crippen LogP contribution in [0.1, 0.15) is 46.5 Å². The van der Waals surface area contributed by atoms with E-state index in [-0.39, 0.29) is 24.4 Å². The van der Waals surface area contributed by atoms with Gasteiger partial charge in [-0.3, -0.25) is 4.79 Å². The van der Waals surface area contributed by atoms with E-state index in [9.17, 15) is 19.8 Å². The monoisotopic (exact) mass is 332 g/mol. The summed E-state index contributed by atoms with van der Waals surface area (Å²) < 4.78 is 0. The predicted octanol–water partition coefficient (Wildman–Crippen LogP) is 2.90. The van der Waals surface area contributed by atoms with E-state index >= 15 is 0 Å². The fourth-order valence-corrected chi connectivity index (χ4v) is 7.66. The van der Waals surface area contributed by atoms with Gasteiger partial charge in [0.1, 0.15) is 11.7 Å². The summed E-state index contributed by atoms with van der Waals surface area (Å²) in [6.07, 6.45) is 6.47. The molecule has 0 aliphatic heterocycles. The lowest BCUT2D eigenvalue weighted by molar-refractivity contribution is -0.184. The first-order chi connectivity index (χ1) is 11.3. The predicted molar refractivity (Wildman–Crippen MR) is 89.1 cm³/mol. The zero-order valence-corrected chi connectivity index (χ0v) is 14.8. The van der Waals surface area contributed by atoms with Gasteiger partial charge >= 0.3 is 5.97 Å². The summed E-state index contributed by atoms with van der Waals surface area (Å²) in [6.45, 7) is 6.13. The number of aldehydes is 1. The Bertz CT molecular complexity index is 638. The van der Waals surface area contributed by atoms with E-state index in [4.69, 9.17) is 0 Å². The van der Waals surface area contributed by atoms with Gasteiger partial charge in [-0.1, -0.05) is 38.8 Å². The molecule has 4 heteroatoms. The molecule has 2 N–H and O–H groups in total. The Morgan fingerprint density at radius 3 is 2.62 bits per heavy atom. The number of hydrogen-bond acceptors (Lipinski definition) is 3. The number of carbonyl (C=O) groups excluding carboxylic acids is 1. The van der Waals surface area contributed by atoms with Gasteiger partial charge in [0.2, 0.25) is 0 Å². The molecule has 0 aromatic heterocycles. The minimum atomic E-state index is -1.21. The minimum Gasteiger partial charge on any atom is -0.481 e. The minimum absolute atomic E-state index is 0.0130. The number of carboxylic acids is 1. The molecule has 0 saturated heterocycles. The molecule has 4 aliphatic rings. The van der Waals surface area contributed by atoms with Crippen molar-refractivity contribution >= 4 is 12.3 Å². The van der Waals surface area contributed by atoms with Gasteiger partial charge in [-0.15, -0.1) is 0 Å². The summed E-state index contributed by atoms with van der Waals surface area (Å²) in [5, 5.41) is 20.9. The fourth-order valence-electron chi connectivity index (χ4n) is 7.66. The lowest BCUT2D eigenvalue weighted by atomic mass is 9.43. The number of aliphatic hydroxyl groups is 1. The van der Waals surface area contributed by atoms with Crippen molar-refractivity contribution in [1.82, 2.24) is 0 Å². The summed E-state index contributed by atoms with van der Waals surface area (Å²) >= 11 is 0. The maximum absolute atomic E-state index is 12.8. The molecule has 5 unspecified atom stereocenters. The molecule has 3 saturated carbocycles. The zero-order chi connectivity index (χ0) is 17.5. The topological polar surface area (TPSA) is 74.6 Å². The van der Waals surface area contributed by atoms with Crippen molar-refractivity contribution in [2.75, 3.05) is 6.61 Å². The largest absolute Gasteiger partial charge is 0.481 e. The number of rotatable bonds is 4. The standard InChI is InChI=1S/C20H28O4/c1-11(2)16-6-13-7-19(10-22)15-5-4-12(3)14(15)8-18(13,9-21)20(16,19)17(23)24/h6,10-15,21H,4-5,7-9H2,1-3H3,(H,23,24)/t12?,13?,14?,15?,18-,19+,20?/m1/s1. The van der Waals surface area contributed by atoms with Crippen molar-refractivity contribution in [3.8, 4) is 0 Å². The molecular formula is C20H28O4. The number of allylic oxidation sites excluding steroid dienone is 1. The molecule has 4 bridgehead atoms. The highest BCUT2D eigenvalue weighted by molar-refractivity contribution is 5.90. The molecule has 0 spiro atoms. The van der Waals surface area contributed by atoms with Gasteiger partial charge in [-0.2, -0.15) is 0 Å². The molecule has 4 rings (SSSR count). The molecule has 7 atom stereocenters. The molecule has 4 aliphatic carbocycles. The fraction of sp³-hybridized carbons (Fsp3) is 0.800. The Balaban J connectivity index is 2.03. The normalized spacial score (nSPS) is 51.6. The molecule has 3 fully saturated rings. The second-order valence-corrected chi connectivity index (χ2v) is 9.14. The van der Waals surface area contributed by atoms with Crippen molar-refractivity contribution in [3.63, 3.8) is 0 Å². The number of fused-ring (bicyclic) bond motifs is 2. The van der Waals surface area contributed by atoms with Crippen LogP contribution in [0.25, 0.3) is 0 Å². The lowest BCUT2D eigenvalue weighted by Crippen LogP contribution is -2.63. The van der Waals surface area contributed by atoms with E-state index in [0.29, 0.717) is 18.3 Å². The summed E-state index contributed by atoms with van der Waals surface area (Å²) in [7, 11) is 0. The second-order valence-electron chi connectivity index (χ2n) is 9.14. The van der Waals surface area contributed by atoms with E-state index in [0.717, 1.165) is 31.1 Å². The van der Waals surface area contributed by atoms with E-state index < -0.39 is 22.2 Å². The molecule has 4 nitrogen and oxygen atoms in total. The average molecular weight is 332 g/mol. The highest BCUT2D eigenvalue weighted by atomic mass is 16.4. The number of carboxylic acid groups (broad SMARTS) is 1. The van der Waals surface area contributed by atoms with Crippen molar-refractivity contribution in [3.05, 3.63) is 11.6 Å². The van der Waals surface area contributed by atoms with Crippen molar-refractivity contribution in [2.45, 2.75) is 46.5 Å². The Morgan fingerprint density at radius 2 is 2.08 bits per heavy atom. The van der Waals surface area contributed by atoms with Gasteiger partial charge in [0.05, 0.1) is 12.0 Å².